The molecule has 0 radical (unpaired) electrons. The summed E-state index contributed by atoms with van der Waals surface area (Å²) in [4.78, 5) is 0. The zero-order valence-corrected chi connectivity index (χ0v) is 11.6. The molecule has 0 fully saturated rings. The normalized spacial score (nSPS) is 10.4. The summed E-state index contributed by atoms with van der Waals surface area (Å²) >= 11 is 0. The van der Waals surface area contributed by atoms with Crippen molar-refractivity contribution in [2.24, 2.45) is 0 Å². The van der Waals surface area contributed by atoms with Crippen LogP contribution in [0.2, 0.25) is 0 Å². The van der Waals surface area contributed by atoms with Crippen LogP contribution in [0.1, 0.15) is 0 Å². The number of aromatic nitrogens is 4. The van der Waals surface area contributed by atoms with Gasteiger partial charge in [-0.2, -0.15) is 0 Å². The summed E-state index contributed by atoms with van der Waals surface area (Å²) < 4.78 is 25.3. The van der Waals surface area contributed by atoms with Gasteiger partial charge in [0.1, 0.15) is 36.9 Å². The van der Waals surface area contributed by atoms with Crippen LogP contribution in [-0.2, 0) is 0 Å². The van der Waals surface area contributed by atoms with Crippen LogP contribution in [0, 0.1) is 5.82 Å². The van der Waals surface area contributed by atoms with Crippen molar-refractivity contribution in [3.8, 4) is 17.2 Å². The molecule has 0 aliphatic heterocycles. The minimum Gasteiger partial charge on any atom is -0.490 e. The molecule has 0 aliphatic carbocycles. The van der Waals surface area contributed by atoms with Gasteiger partial charge < -0.3 is 9.47 Å². The first kappa shape index (κ1) is 14.0. The molecule has 0 atom stereocenters. The molecule has 1 heterocycles. The number of hydrogen-bond donors (Lipinski definition) is 0. The number of halogens is 1. The molecule has 7 heteroatoms. The second-order valence-corrected chi connectivity index (χ2v) is 4.40. The van der Waals surface area contributed by atoms with Gasteiger partial charge in [0, 0.05) is 0 Å². The first-order valence-electron chi connectivity index (χ1n) is 6.66. The maximum atomic E-state index is 12.7. The van der Waals surface area contributed by atoms with E-state index < -0.39 is 0 Å². The molecule has 0 N–H and O–H groups in total. The Bertz CT molecular complexity index is 699. The van der Waals surface area contributed by atoms with Gasteiger partial charge >= 0.3 is 0 Å². The quantitative estimate of drug-likeness (QED) is 0.653. The van der Waals surface area contributed by atoms with Crippen molar-refractivity contribution in [1.82, 2.24) is 20.2 Å². The van der Waals surface area contributed by atoms with E-state index in [-0.39, 0.29) is 5.82 Å². The largest absolute Gasteiger partial charge is 0.490 e. The third-order valence-corrected chi connectivity index (χ3v) is 2.88. The van der Waals surface area contributed by atoms with Crippen LogP contribution < -0.4 is 9.47 Å². The van der Waals surface area contributed by atoms with Gasteiger partial charge in [0.05, 0.1) is 5.69 Å². The van der Waals surface area contributed by atoms with Crippen molar-refractivity contribution in [3.05, 3.63) is 60.7 Å². The first-order chi connectivity index (χ1) is 10.8. The van der Waals surface area contributed by atoms with Crippen molar-refractivity contribution in [3.63, 3.8) is 0 Å². The fourth-order valence-electron chi connectivity index (χ4n) is 1.82. The lowest BCUT2D eigenvalue weighted by atomic mass is 10.3. The zero-order valence-electron chi connectivity index (χ0n) is 11.6. The van der Waals surface area contributed by atoms with Crippen LogP contribution in [0.5, 0.6) is 11.5 Å². The van der Waals surface area contributed by atoms with Gasteiger partial charge in [-0.1, -0.05) is 0 Å². The summed E-state index contributed by atoms with van der Waals surface area (Å²) in [6.45, 7) is 0.766. The Morgan fingerprint density at radius 3 is 2.00 bits per heavy atom. The maximum absolute atomic E-state index is 12.7. The van der Waals surface area contributed by atoms with E-state index in [0.29, 0.717) is 19.0 Å². The monoisotopic (exact) mass is 300 g/mol. The third kappa shape index (κ3) is 3.57. The molecule has 0 bridgehead atoms. The highest BCUT2D eigenvalue weighted by atomic mass is 19.1. The molecule has 3 rings (SSSR count). The SMILES string of the molecule is Fc1ccc(OCCOc2ccc(-n3cnnn3)cc2)cc1. The smallest absolute Gasteiger partial charge is 0.143 e. The number of benzene rings is 2. The Morgan fingerprint density at radius 1 is 0.864 bits per heavy atom. The number of tetrazole rings is 1. The fraction of sp³-hybridized carbons (Fsp3) is 0.133. The first-order valence-corrected chi connectivity index (χ1v) is 6.66. The van der Waals surface area contributed by atoms with Gasteiger partial charge in [0.15, 0.2) is 0 Å². The predicted octanol–water partition coefficient (Wildman–Crippen LogP) is 2.26. The number of nitrogens with zero attached hydrogens (tertiary/aromatic N) is 4. The van der Waals surface area contributed by atoms with Crippen LogP contribution in [0.3, 0.4) is 0 Å². The highest BCUT2D eigenvalue weighted by Gasteiger charge is 2.00. The number of rotatable bonds is 6. The summed E-state index contributed by atoms with van der Waals surface area (Å²) in [5.74, 6) is 1.05. The van der Waals surface area contributed by atoms with Crippen LogP contribution >= 0.6 is 0 Å². The topological polar surface area (TPSA) is 62.1 Å². The van der Waals surface area contributed by atoms with Gasteiger partial charge in [0.25, 0.3) is 0 Å². The van der Waals surface area contributed by atoms with Gasteiger partial charge in [-0.3, -0.25) is 0 Å². The van der Waals surface area contributed by atoms with Gasteiger partial charge in [-0.25, -0.2) is 9.07 Å². The molecule has 22 heavy (non-hydrogen) atoms. The molecule has 1 aromatic heterocycles. The number of hydrogen-bond acceptors (Lipinski definition) is 5. The Kier molecular flexibility index (Phi) is 4.24. The summed E-state index contributed by atoms with van der Waals surface area (Å²) in [6.07, 6.45) is 1.52. The van der Waals surface area contributed by atoms with E-state index in [4.69, 9.17) is 9.47 Å². The van der Waals surface area contributed by atoms with Crippen LogP contribution in [0.4, 0.5) is 4.39 Å². The molecule has 0 saturated heterocycles. The van der Waals surface area contributed by atoms with Crippen molar-refractivity contribution in [2.45, 2.75) is 0 Å². The second-order valence-electron chi connectivity index (χ2n) is 4.40. The van der Waals surface area contributed by atoms with Crippen LogP contribution in [-0.4, -0.2) is 33.4 Å². The van der Waals surface area contributed by atoms with Crippen molar-refractivity contribution < 1.29 is 13.9 Å². The van der Waals surface area contributed by atoms with Crippen molar-refractivity contribution >= 4 is 0 Å². The van der Waals surface area contributed by atoms with E-state index in [1.807, 2.05) is 24.3 Å². The second kappa shape index (κ2) is 6.66. The highest BCUT2D eigenvalue weighted by molar-refractivity contribution is 5.36. The lowest BCUT2D eigenvalue weighted by Crippen LogP contribution is -2.09. The Balaban J connectivity index is 1.46. The van der Waals surface area contributed by atoms with Gasteiger partial charge in [-0.15, -0.1) is 5.10 Å². The minimum absolute atomic E-state index is 0.286. The Morgan fingerprint density at radius 2 is 1.45 bits per heavy atom. The average Bonchev–Trinajstić information content (AvgIpc) is 3.08. The Labute approximate surface area is 126 Å². The van der Waals surface area contributed by atoms with Gasteiger partial charge in [0.2, 0.25) is 0 Å². The summed E-state index contributed by atoms with van der Waals surface area (Å²) in [6, 6.07) is 13.2. The van der Waals surface area contributed by atoms with E-state index in [2.05, 4.69) is 15.5 Å². The summed E-state index contributed by atoms with van der Waals surface area (Å²) in [5, 5.41) is 11.0. The van der Waals surface area contributed by atoms with E-state index in [1.54, 1.807) is 16.8 Å². The molecule has 0 saturated carbocycles. The third-order valence-electron chi connectivity index (χ3n) is 2.88. The zero-order chi connectivity index (χ0) is 15.2. The fourth-order valence-corrected chi connectivity index (χ4v) is 1.82. The van der Waals surface area contributed by atoms with E-state index in [9.17, 15) is 4.39 Å². The summed E-state index contributed by atoms with van der Waals surface area (Å²) in [7, 11) is 0. The van der Waals surface area contributed by atoms with Crippen LogP contribution in [0.25, 0.3) is 5.69 Å². The molecule has 3 aromatic rings. The predicted molar refractivity (Wildman–Crippen MR) is 76.5 cm³/mol. The highest BCUT2D eigenvalue weighted by Crippen LogP contribution is 2.15. The van der Waals surface area contributed by atoms with Crippen molar-refractivity contribution in [2.75, 3.05) is 13.2 Å². The molecule has 2 aromatic carbocycles. The summed E-state index contributed by atoms with van der Waals surface area (Å²) in [5.41, 5.74) is 0.847. The number of ether oxygens (including phenoxy) is 2. The average molecular weight is 300 g/mol. The molecular formula is C15H13FN4O2. The lowest BCUT2D eigenvalue weighted by Gasteiger charge is -2.08. The Hall–Kier alpha value is -2.96. The lowest BCUT2D eigenvalue weighted by molar-refractivity contribution is 0.217. The van der Waals surface area contributed by atoms with Crippen molar-refractivity contribution in [1.29, 1.82) is 0 Å². The standard InChI is InChI=1S/C15H13FN4O2/c16-12-1-5-14(6-2-12)21-9-10-22-15-7-3-13(4-8-15)20-11-17-18-19-20/h1-8,11H,9-10H2. The molecule has 0 spiro atoms. The maximum Gasteiger partial charge on any atom is 0.143 e. The molecule has 6 nitrogen and oxygen atoms in total. The van der Waals surface area contributed by atoms with E-state index in [1.165, 1.54) is 18.5 Å². The van der Waals surface area contributed by atoms with E-state index in [0.717, 1.165) is 11.4 Å². The molecular weight excluding hydrogens is 287 g/mol. The van der Waals surface area contributed by atoms with E-state index >= 15 is 0 Å². The molecule has 0 aliphatic rings. The molecule has 112 valence electrons. The molecule has 0 amide bonds. The minimum atomic E-state index is -0.286. The van der Waals surface area contributed by atoms with Gasteiger partial charge in [-0.05, 0) is 59.0 Å². The van der Waals surface area contributed by atoms with Crippen LogP contribution in [0.15, 0.2) is 54.9 Å². The molecule has 0 unspecified atom stereocenters.